The largest absolute Gasteiger partial charge is 0.380 e. The molecule has 0 fully saturated rings. The van der Waals surface area contributed by atoms with E-state index >= 15 is 0 Å². The molecule has 4 heteroatoms. The van der Waals surface area contributed by atoms with Crippen LogP contribution in [0.1, 0.15) is 0 Å². The molecule has 1 aromatic rings. The van der Waals surface area contributed by atoms with E-state index in [1.54, 1.807) is 0 Å². The molecular weight excluding hydrogens is 285 g/mol. The van der Waals surface area contributed by atoms with Gasteiger partial charge < -0.3 is 5.32 Å². The van der Waals surface area contributed by atoms with Crippen molar-refractivity contribution in [3.63, 3.8) is 0 Å². The second-order valence-corrected chi connectivity index (χ2v) is 4.26. The van der Waals surface area contributed by atoms with Crippen molar-refractivity contribution < 1.29 is 0 Å². The molecule has 1 nitrogen and oxygen atoms in total. The van der Waals surface area contributed by atoms with Crippen molar-refractivity contribution in [1.29, 1.82) is 0 Å². The Morgan fingerprint density at radius 1 is 1.36 bits per heavy atom. The van der Waals surface area contributed by atoms with Gasteiger partial charge in [0.15, 0.2) is 0 Å². The SMILES string of the molecule is ClC/C=C/CNc1ccc(Br)cc1Cl. The van der Waals surface area contributed by atoms with Crippen molar-refractivity contribution in [2.24, 2.45) is 0 Å². The first-order valence-corrected chi connectivity index (χ1v) is 5.84. The first kappa shape index (κ1) is 11.9. The first-order valence-electron chi connectivity index (χ1n) is 4.14. The lowest BCUT2D eigenvalue weighted by Crippen LogP contribution is -1.98. The average Bonchev–Trinajstić information content (AvgIpc) is 2.15. The van der Waals surface area contributed by atoms with Gasteiger partial charge in [-0.25, -0.2) is 0 Å². The van der Waals surface area contributed by atoms with Crippen molar-refractivity contribution in [3.05, 3.63) is 39.8 Å². The fraction of sp³-hybridized carbons (Fsp3) is 0.200. The number of nitrogens with one attached hydrogen (secondary N) is 1. The van der Waals surface area contributed by atoms with Crippen LogP contribution in [0.4, 0.5) is 5.69 Å². The van der Waals surface area contributed by atoms with Crippen LogP contribution in [0.3, 0.4) is 0 Å². The van der Waals surface area contributed by atoms with Gasteiger partial charge in [0.25, 0.3) is 0 Å². The van der Waals surface area contributed by atoms with Crippen LogP contribution in [-0.2, 0) is 0 Å². The Balaban J connectivity index is 2.55. The van der Waals surface area contributed by atoms with Gasteiger partial charge in [-0.05, 0) is 18.2 Å². The van der Waals surface area contributed by atoms with Gasteiger partial charge in [-0.15, -0.1) is 11.6 Å². The standard InChI is InChI=1S/C10H10BrCl2N/c11-8-3-4-10(9(13)7-8)14-6-2-1-5-12/h1-4,7,14H,5-6H2/b2-1+. The van der Waals surface area contributed by atoms with E-state index in [4.69, 9.17) is 23.2 Å². The maximum Gasteiger partial charge on any atom is 0.0648 e. The Hall–Kier alpha value is -0.180. The third kappa shape index (κ3) is 3.91. The van der Waals surface area contributed by atoms with Gasteiger partial charge in [0.05, 0.1) is 10.7 Å². The summed E-state index contributed by atoms with van der Waals surface area (Å²) in [5.74, 6) is 0.537. The zero-order valence-corrected chi connectivity index (χ0v) is 10.5. The third-order valence-electron chi connectivity index (χ3n) is 1.60. The van der Waals surface area contributed by atoms with Gasteiger partial charge in [-0.3, -0.25) is 0 Å². The van der Waals surface area contributed by atoms with E-state index in [1.165, 1.54) is 0 Å². The minimum atomic E-state index is 0.537. The molecule has 76 valence electrons. The van der Waals surface area contributed by atoms with Crippen LogP contribution in [0.2, 0.25) is 5.02 Å². The zero-order chi connectivity index (χ0) is 10.4. The van der Waals surface area contributed by atoms with Crippen LogP contribution >= 0.6 is 39.1 Å². The number of allylic oxidation sites excluding steroid dienone is 1. The minimum Gasteiger partial charge on any atom is -0.380 e. The molecule has 0 radical (unpaired) electrons. The summed E-state index contributed by atoms with van der Waals surface area (Å²) in [7, 11) is 0. The van der Waals surface area contributed by atoms with E-state index in [0.29, 0.717) is 10.9 Å². The van der Waals surface area contributed by atoms with Crippen molar-refractivity contribution in [1.82, 2.24) is 0 Å². The van der Waals surface area contributed by atoms with Crippen LogP contribution in [-0.4, -0.2) is 12.4 Å². The van der Waals surface area contributed by atoms with Gasteiger partial charge in [-0.2, -0.15) is 0 Å². The highest BCUT2D eigenvalue weighted by Gasteiger charge is 1.98. The summed E-state index contributed by atoms with van der Waals surface area (Å²) >= 11 is 14.8. The summed E-state index contributed by atoms with van der Waals surface area (Å²) in [6.07, 6.45) is 3.85. The summed E-state index contributed by atoms with van der Waals surface area (Å²) in [6.45, 7) is 0.730. The predicted octanol–water partition coefficient (Wildman–Crippen LogP) is 4.31. The highest BCUT2D eigenvalue weighted by Crippen LogP contribution is 2.25. The van der Waals surface area contributed by atoms with Crippen LogP contribution in [0, 0.1) is 0 Å². The third-order valence-corrected chi connectivity index (χ3v) is 2.58. The molecule has 0 atom stereocenters. The number of benzene rings is 1. The van der Waals surface area contributed by atoms with Crippen molar-refractivity contribution in [2.75, 3.05) is 17.7 Å². The summed E-state index contributed by atoms with van der Waals surface area (Å²) in [6, 6.07) is 5.73. The van der Waals surface area contributed by atoms with E-state index in [2.05, 4.69) is 21.2 Å². The second-order valence-electron chi connectivity index (χ2n) is 2.63. The molecule has 0 aliphatic carbocycles. The fourth-order valence-electron chi connectivity index (χ4n) is 0.948. The van der Waals surface area contributed by atoms with Crippen LogP contribution in [0.5, 0.6) is 0 Å². The van der Waals surface area contributed by atoms with Gasteiger partial charge in [0.2, 0.25) is 0 Å². The monoisotopic (exact) mass is 293 g/mol. The summed E-state index contributed by atoms with van der Waals surface area (Å²) < 4.78 is 0.976. The highest BCUT2D eigenvalue weighted by molar-refractivity contribution is 9.10. The van der Waals surface area contributed by atoms with Gasteiger partial charge in [-0.1, -0.05) is 39.7 Å². The molecule has 0 saturated carbocycles. The van der Waals surface area contributed by atoms with Crippen LogP contribution < -0.4 is 5.32 Å². The molecule has 1 N–H and O–H groups in total. The normalized spacial score (nSPS) is 10.8. The number of rotatable bonds is 4. The van der Waals surface area contributed by atoms with Crippen molar-refractivity contribution >= 4 is 44.8 Å². The summed E-state index contributed by atoms with van der Waals surface area (Å²) in [4.78, 5) is 0. The number of hydrogen-bond donors (Lipinski definition) is 1. The van der Waals surface area contributed by atoms with E-state index in [0.717, 1.165) is 16.7 Å². The van der Waals surface area contributed by atoms with Gasteiger partial charge >= 0.3 is 0 Å². The van der Waals surface area contributed by atoms with E-state index in [9.17, 15) is 0 Å². The topological polar surface area (TPSA) is 12.0 Å². The Morgan fingerprint density at radius 2 is 2.14 bits per heavy atom. The minimum absolute atomic E-state index is 0.537. The maximum atomic E-state index is 6.00. The Kier molecular flexibility index (Phi) is 5.38. The molecule has 1 aromatic carbocycles. The first-order chi connectivity index (χ1) is 6.74. The lowest BCUT2D eigenvalue weighted by Gasteiger charge is -2.05. The van der Waals surface area contributed by atoms with Crippen LogP contribution in [0.25, 0.3) is 0 Å². The molecule has 1 rings (SSSR count). The van der Waals surface area contributed by atoms with Crippen molar-refractivity contribution in [2.45, 2.75) is 0 Å². The molecule has 0 aromatic heterocycles. The summed E-state index contributed by atoms with van der Waals surface area (Å²) in [5, 5.41) is 3.88. The second kappa shape index (κ2) is 6.33. The lowest BCUT2D eigenvalue weighted by atomic mass is 10.3. The molecular formula is C10H10BrCl2N. The smallest absolute Gasteiger partial charge is 0.0648 e. The van der Waals surface area contributed by atoms with E-state index in [1.807, 2.05) is 30.4 Å². The molecule has 0 unspecified atom stereocenters. The number of halogens is 3. The highest BCUT2D eigenvalue weighted by atomic mass is 79.9. The Labute approximate surface area is 102 Å². The quantitative estimate of drug-likeness (QED) is 0.644. The number of alkyl halides is 1. The molecule has 0 aliphatic rings. The maximum absolute atomic E-state index is 6.00. The lowest BCUT2D eigenvalue weighted by molar-refractivity contribution is 1.32. The molecule has 0 aliphatic heterocycles. The van der Waals surface area contributed by atoms with E-state index < -0.39 is 0 Å². The summed E-state index contributed by atoms with van der Waals surface area (Å²) in [5.41, 5.74) is 0.925. The molecule has 0 heterocycles. The Morgan fingerprint density at radius 3 is 2.79 bits per heavy atom. The average molecular weight is 295 g/mol. The molecule has 0 saturated heterocycles. The molecule has 0 amide bonds. The van der Waals surface area contributed by atoms with Crippen LogP contribution in [0.15, 0.2) is 34.8 Å². The Bertz CT molecular complexity index is 326. The molecule has 0 spiro atoms. The van der Waals surface area contributed by atoms with Gasteiger partial charge in [0, 0.05) is 16.9 Å². The zero-order valence-electron chi connectivity index (χ0n) is 7.43. The predicted molar refractivity (Wildman–Crippen MR) is 67.5 cm³/mol. The fourth-order valence-corrected chi connectivity index (χ4v) is 1.81. The molecule has 0 bridgehead atoms. The number of anilines is 1. The van der Waals surface area contributed by atoms with Crippen molar-refractivity contribution in [3.8, 4) is 0 Å². The van der Waals surface area contributed by atoms with Gasteiger partial charge in [0.1, 0.15) is 0 Å². The number of hydrogen-bond acceptors (Lipinski definition) is 1. The molecule has 14 heavy (non-hydrogen) atoms. The van der Waals surface area contributed by atoms with E-state index in [-0.39, 0.29) is 0 Å².